The topological polar surface area (TPSA) is 82.7 Å². The lowest BCUT2D eigenvalue weighted by atomic mass is 10.0. The van der Waals surface area contributed by atoms with Gasteiger partial charge in [0.05, 0.1) is 39.6 Å². The van der Waals surface area contributed by atoms with E-state index in [2.05, 4.69) is 25.7 Å². The van der Waals surface area contributed by atoms with Crippen LogP contribution in [0.2, 0.25) is 0 Å². The number of halogens is 2. The quantitative estimate of drug-likeness (QED) is 0.424. The Bertz CT molecular complexity index is 1290. The van der Waals surface area contributed by atoms with Crippen molar-refractivity contribution in [3.05, 3.63) is 69.9 Å². The van der Waals surface area contributed by atoms with Crippen LogP contribution in [0.3, 0.4) is 0 Å². The summed E-state index contributed by atoms with van der Waals surface area (Å²) in [6, 6.07) is 16.2. The molecule has 0 aliphatic carbocycles. The number of amides is 1. The number of piperidine rings is 1. The van der Waals surface area contributed by atoms with Crippen LogP contribution >= 0.6 is 36.6 Å². The fourth-order valence-corrected chi connectivity index (χ4v) is 5.77. The highest BCUT2D eigenvalue weighted by Crippen LogP contribution is 2.36. The van der Waals surface area contributed by atoms with Crippen LogP contribution in [-0.4, -0.2) is 53.0 Å². The third kappa shape index (κ3) is 6.67. The molecule has 2 aliphatic heterocycles. The largest absolute Gasteiger partial charge is 0.378 e. The van der Waals surface area contributed by atoms with Crippen LogP contribution in [0.25, 0.3) is 11.7 Å². The molecule has 1 amide bonds. The number of thioether (sulfide) groups is 1. The van der Waals surface area contributed by atoms with Gasteiger partial charge in [-0.15, -0.1) is 24.8 Å². The van der Waals surface area contributed by atoms with Crippen molar-refractivity contribution in [2.24, 2.45) is 0 Å². The van der Waals surface area contributed by atoms with Crippen molar-refractivity contribution >= 4 is 54.2 Å². The Labute approximate surface area is 234 Å². The molecule has 0 atom stereocenters. The molecule has 37 heavy (non-hydrogen) atoms. The number of ether oxygens (including phenoxy) is 1. The average Bonchev–Trinajstić information content (AvgIpc) is 3.24. The lowest BCUT2D eigenvalue weighted by Crippen LogP contribution is -2.45. The van der Waals surface area contributed by atoms with Gasteiger partial charge >= 0.3 is 0 Å². The van der Waals surface area contributed by atoms with Gasteiger partial charge in [0.2, 0.25) is 0 Å². The van der Waals surface area contributed by atoms with Gasteiger partial charge in [-0.05, 0) is 68.1 Å². The molecule has 2 aromatic heterocycles. The molecule has 3 aromatic rings. The van der Waals surface area contributed by atoms with Gasteiger partial charge in [-0.1, -0.05) is 30.0 Å². The van der Waals surface area contributed by atoms with E-state index >= 15 is 0 Å². The predicted molar refractivity (Wildman–Crippen MR) is 151 cm³/mol. The number of benzene rings is 1. The Hall–Kier alpha value is -2.54. The van der Waals surface area contributed by atoms with E-state index in [9.17, 15) is 4.79 Å². The number of hydrogen-bond donors (Lipinski definition) is 1. The highest BCUT2D eigenvalue weighted by Gasteiger charge is 2.26. The third-order valence-electron chi connectivity index (χ3n) is 6.65. The Kier molecular flexibility index (Phi) is 10.4. The predicted octanol–water partition coefficient (Wildman–Crippen LogP) is 4.86. The van der Waals surface area contributed by atoms with Crippen LogP contribution in [0.15, 0.2) is 52.4 Å². The number of rotatable bonds is 8. The summed E-state index contributed by atoms with van der Waals surface area (Å²) < 4.78 is 7.41. The van der Waals surface area contributed by atoms with Gasteiger partial charge in [0.1, 0.15) is 5.65 Å². The first-order valence-electron chi connectivity index (χ1n) is 12.1. The summed E-state index contributed by atoms with van der Waals surface area (Å²) >= 11 is 1.49. The smallest absolute Gasteiger partial charge is 0.258 e. The zero-order chi connectivity index (χ0) is 24.2. The van der Waals surface area contributed by atoms with Gasteiger partial charge in [0, 0.05) is 26.2 Å². The molecular weight excluding hydrogens is 529 g/mol. The van der Waals surface area contributed by atoms with Gasteiger partial charge in [0.25, 0.3) is 5.91 Å². The zero-order valence-electron chi connectivity index (χ0n) is 20.7. The number of nitrogens with one attached hydrogen (secondary N) is 1. The summed E-state index contributed by atoms with van der Waals surface area (Å²) in [7, 11) is 1.66. The van der Waals surface area contributed by atoms with Gasteiger partial charge in [-0.25, -0.2) is 4.98 Å². The maximum Gasteiger partial charge on any atom is 0.258 e. The van der Waals surface area contributed by atoms with E-state index < -0.39 is 0 Å². The fraction of sp³-hybridized carbons (Fsp3) is 0.370. The standard InChI is InChI=1S/C27H29N5O2S.2ClH/c1-34-18-22-23-16-24(35-26-6-2-5-25(30-22)32(23)26)27(33)29-21-11-14-31(15-12-21)13-3-4-19-7-9-20(17-28)10-8-19;;/h2,5-10,16,21H,3-4,11-15,18H2,1H3,(H,29,33);2*1H. The first-order chi connectivity index (χ1) is 17.1. The molecule has 5 rings (SSSR count). The molecule has 0 radical (unpaired) electrons. The minimum atomic E-state index is -0.0120. The van der Waals surface area contributed by atoms with Crippen molar-refractivity contribution in [3.63, 3.8) is 0 Å². The van der Waals surface area contributed by atoms with Crippen molar-refractivity contribution < 1.29 is 9.53 Å². The number of carbonyl (C=O) groups is 1. The van der Waals surface area contributed by atoms with Crippen molar-refractivity contribution in [2.45, 2.75) is 43.4 Å². The van der Waals surface area contributed by atoms with Crippen LogP contribution in [0.5, 0.6) is 0 Å². The summed E-state index contributed by atoms with van der Waals surface area (Å²) in [4.78, 5) is 21.0. The van der Waals surface area contributed by atoms with E-state index in [0.717, 1.165) is 67.4 Å². The maximum atomic E-state index is 13.1. The molecule has 2 aliphatic rings. The monoisotopic (exact) mass is 559 g/mol. The minimum Gasteiger partial charge on any atom is -0.378 e. The lowest BCUT2D eigenvalue weighted by Gasteiger charge is -2.32. The SMILES string of the molecule is COCc1nc2cccc3n2c1C=C(C(=O)NC1CCN(CCCc2ccc(C#N)cc2)CC1)S3.Cl.Cl. The van der Waals surface area contributed by atoms with E-state index in [-0.39, 0.29) is 36.8 Å². The van der Waals surface area contributed by atoms with Gasteiger partial charge < -0.3 is 15.0 Å². The molecule has 0 unspecified atom stereocenters. The zero-order valence-corrected chi connectivity index (χ0v) is 23.1. The van der Waals surface area contributed by atoms with E-state index in [1.807, 2.05) is 48.5 Å². The minimum absolute atomic E-state index is 0. The number of aromatic nitrogens is 2. The highest BCUT2D eigenvalue weighted by atomic mass is 35.5. The second kappa shape index (κ2) is 13.3. The molecule has 0 bridgehead atoms. The van der Waals surface area contributed by atoms with Crippen LogP contribution in [0.4, 0.5) is 0 Å². The Morgan fingerprint density at radius 3 is 2.65 bits per heavy atom. The number of nitriles is 1. The van der Waals surface area contributed by atoms with Gasteiger partial charge in [-0.3, -0.25) is 9.20 Å². The Balaban J connectivity index is 0.00000190. The van der Waals surface area contributed by atoms with Crippen molar-refractivity contribution in [2.75, 3.05) is 26.7 Å². The molecule has 10 heteroatoms. The fourth-order valence-electron chi connectivity index (χ4n) is 4.79. The molecular formula is C27H31Cl2N5O2S. The molecule has 4 heterocycles. The van der Waals surface area contributed by atoms with E-state index in [1.54, 1.807) is 7.11 Å². The summed E-state index contributed by atoms with van der Waals surface area (Å²) in [5.74, 6) is -0.0120. The molecule has 7 nitrogen and oxygen atoms in total. The normalized spacial score (nSPS) is 15.3. The van der Waals surface area contributed by atoms with Crippen molar-refractivity contribution in [1.29, 1.82) is 5.26 Å². The Morgan fingerprint density at radius 1 is 1.19 bits per heavy atom. The van der Waals surface area contributed by atoms with Gasteiger partial charge in [-0.2, -0.15) is 5.26 Å². The second-order valence-electron chi connectivity index (χ2n) is 9.05. The van der Waals surface area contributed by atoms with Crippen LogP contribution in [-0.2, 0) is 22.6 Å². The first kappa shape index (κ1) is 29.0. The van der Waals surface area contributed by atoms with Gasteiger partial charge in [0.15, 0.2) is 0 Å². The first-order valence-corrected chi connectivity index (χ1v) is 12.9. The van der Waals surface area contributed by atoms with E-state index in [4.69, 9.17) is 10.00 Å². The summed E-state index contributed by atoms with van der Waals surface area (Å²) in [5.41, 5.74) is 4.63. The molecule has 196 valence electrons. The highest BCUT2D eigenvalue weighted by molar-refractivity contribution is 8.04. The number of pyridine rings is 1. The molecule has 0 saturated carbocycles. The molecule has 1 aromatic carbocycles. The lowest BCUT2D eigenvalue weighted by molar-refractivity contribution is -0.117. The molecule has 1 N–H and O–H groups in total. The number of methoxy groups -OCH3 is 1. The summed E-state index contributed by atoms with van der Waals surface area (Å²) in [5, 5.41) is 13.2. The average molecular weight is 561 g/mol. The van der Waals surface area contributed by atoms with Crippen molar-refractivity contribution in [1.82, 2.24) is 19.6 Å². The number of aryl methyl sites for hydroxylation is 1. The molecule has 0 spiro atoms. The second-order valence-corrected chi connectivity index (χ2v) is 10.1. The van der Waals surface area contributed by atoms with E-state index in [0.29, 0.717) is 17.1 Å². The number of hydrogen-bond acceptors (Lipinski definition) is 6. The number of likely N-dealkylation sites (tertiary alicyclic amines) is 1. The Morgan fingerprint density at radius 2 is 1.95 bits per heavy atom. The third-order valence-corrected chi connectivity index (χ3v) is 7.70. The van der Waals surface area contributed by atoms with E-state index in [1.165, 1.54) is 17.3 Å². The number of carbonyl (C=O) groups excluding carboxylic acids is 1. The molecule has 1 saturated heterocycles. The summed E-state index contributed by atoms with van der Waals surface area (Å²) in [6.45, 7) is 3.46. The van der Waals surface area contributed by atoms with Crippen LogP contribution in [0.1, 0.15) is 41.8 Å². The van der Waals surface area contributed by atoms with Crippen molar-refractivity contribution in [3.8, 4) is 6.07 Å². The molecule has 1 fully saturated rings. The number of imidazole rings is 1. The maximum absolute atomic E-state index is 13.1. The van der Waals surface area contributed by atoms with Crippen LogP contribution < -0.4 is 5.32 Å². The summed E-state index contributed by atoms with van der Waals surface area (Å²) in [6.07, 6.45) is 5.98. The number of nitrogens with zero attached hydrogens (tertiary/aromatic N) is 4. The van der Waals surface area contributed by atoms with Crippen LogP contribution in [0, 0.1) is 11.3 Å².